The highest BCUT2D eigenvalue weighted by atomic mass is 31.2. The molecule has 2 unspecified atom stereocenters. The van der Waals surface area contributed by atoms with E-state index in [0.717, 1.165) is 109 Å². The van der Waals surface area contributed by atoms with Crippen LogP contribution in [0.4, 0.5) is 0 Å². The normalized spacial score (nSPS) is 14.5. The Bertz CT molecular complexity index is 1500. The topological polar surface area (TPSA) is 237 Å². The third kappa shape index (κ3) is 51.3. The van der Waals surface area contributed by atoms with Gasteiger partial charge in [-0.25, -0.2) is 9.13 Å². The van der Waals surface area contributed by atoms with Crippen LogP contribution in [0.3, 0.4) is 0 Å². The summed E-state index contributed by atoms with van der Waals surface area (Å²) < 4.78 is 67.2. The molecule has 444 valence electrons. The second-order valence-electron chi connectivity index (χ2n) is 21.3. The molecule has 5 atom stereocenters. The van der Waals surface area contributed by atoms with Crippen LogP contribution in [0.5, 0.6) is 0 Å². The Hall–Kier alpha value is -1.94. The molecule has 0 aromatic heterocycles. The number of unbranched alkanes of at least 4 members (excludes halogenated alkanes) is 25. The number of aliphatic hydroxyl groups excluding tert-OH is 1. The number of carbonyl (C=O) groups is 4. The van der Waals surface area contributed by atoms with Crippen LogP contribution in [0, 0.1) is 11.8 Å². The second kappa shape index (κ2) is 49.1. The Morgan fingerprint density at radius 1 is 0.360 bits per heavy atom. The van der Waals surface area contributed by atoms with Crippen molar-refractivity contribution in [3.05, 3.63) is 0 Å². The number of hydrogen-bond donors (Lipinski definition) is 3. The maximum Gasteiger partial charge on any atom is 0.472 e. The Labute approximate surface area is 454 Å². The zero-order valence-electron chi connectivity index (χ0n) is 47.8. The van der Waals surface area contributed by atoms with Crippen molar-refractivity contribution < 1.29 is 80.2 Å². The summed E-state index contributed by atoms with van der Waals surface area (Å²) in [5.74, 6) is -0.686. The monoisotopic (exact) mass is 1110 g/mol. The third-order valence-electron chi connectivity index (χ3n) is 12.7. The van der Waals surface area contributed by atoms with E-state index in [4.69, 9.17) is 37.0 Å². The number of ether oxygens (including phenoxy) is 4. The van der Waals surface area contributed by atoms with Gasteiger partial charge in [0.05, 0.1) is 26.4 Å². The predicted octanol–water partition coefficient (Wildman–Crippen LogP) is 14.5. The van der Waals surface area contributed by atoms with Crippen LogP contribution in [0.15, 0.2) is 0 Å². The second-order valence-corrected chi connectivity index (χ2v) is 24.2. The number of carbonyl (C=O) groups excluding carboxylic acids is 4. The number of phosphoric acid groups is 2. The molecule has 0 amide bonds. The van der Waals surface area contributed by atoms with Crippen molar-refractivity contribution in [1.29, 1.82) is 0 Å². The van der Waals surface area contributed by atoms with E-state index >= 15 is 0 Å². The highest BCUT2D eigenvalue weighted by molar-refractivity contribution is 7.47. The molecule has 0 rings (SSSR count). The lowest BCUT2D eigenvalue weighted by atomic mass is 10.0. The van der Waals surface area contributed by atoms with Crippen molar-refractivity contribution in [2.75, 3.05) is 39.6 Å². The van der Waals surface area contributed by atoms with Gasteiger partial charge in [0, 0.05) is 25.7 Å². The average molecular weight is 1120 g/mol. The molecule has 0 saturated carbocycles. The third-order valence-corrected chi connectivity index (χ3v) is 14.6. The van der Waals surface area contributed by atoms with E-state index in [-0.39, 0.29) is 25.7 Å². The summed E-state index contributed by atoms with van der Waals surface area (Å²) >= 11 is 0. The van der Waals surface area contributed by atoms with Crippen LogP contribution in [-0.4, -0.2) is 96.7 Å². The minimum atomic E-state index is -4.93. The van der Waals surface area contributed by atoms with Gasteiger partial charge < -0.3 is 33.8 Å². The summed E-state index contributed by atoms with van der Waals surface area (Å²) in [7, 11) is -9.85. The zero-order valence-corrected chi connectivity index (χ0v) is 49.6. The summed E-state index contributed by atoms with van der Waals surface area (Å²) in [4.78, 5) is 71.3. The number of rotatable bonds is 55. The first-order valence-electron chi connectivity index (χ1n) is 29.5. The molecule has 0 heterocycles. The van der Waals surface area contributed by atoms with E-state index < -0.39 is 97.5 Å². The minimum absolute atomic E-state index is 0.0983. The van der Waals surface area contributed by atoms with E-state index in [9.17, 15) is 43.2 Å². The van der Waals surface area contributed by atoms with Crippen LogP contribution in [-0.2, 0) is 65.4 Å². The quantitative estimate of drug-likeness (QED) is 0.0222. The average Bonchev–Trinajstić information content (AvgIpc) is 3.36. The van der Waals surface area contributed by atoms with E-state index in [2.05, 4.69) is 41.5 Å². The standard InChI is InChI=1S/C56H108O17P2/c1-7-9-11-24-32-38-53(58)66-44-51(72-55(60)40-34-25-12-10-8-2)46-70-74(62,63)68-42-50(57)43-69-75(64,65)71-47-52(45-67-54(59)39-33-28-23-19-21-27-31-37-49(5)6)73-56(61)41-35-29-22-18-16-14-13-15-17-20-26-30-36-48(3)4/h48-52,57H,7-47H2,1-6H3,(H,62,63)(H,64,65)/t50-,51+,52+/m0/s1. The first-order valence-corrected chi connectivity index (χ1v) is 32.5. The maximum absolute atomic E-state index is 12.9. The smallest absolute Gasteiger partial charge is 0.462 e. The molecule has 0 aliphatic rings. The highest BCUT2D eigenvalue weighted by Gasteiger charge is 2.30. The van der Waals surface area contributed by atoms with Crippen LogP contribution in [0.2, 0.25) is 0 Å². The predicted molar refractivity (Wildman–Crippen MR) is 294 cm³/mol. The first kappa shape index (κ1) is 73.1. The lowest BCUT2D eigenvalue weighted by Gasteiger charge is -2.21. The molecule has 0 aromatic carbocycles. The molecular formula is C56H108O17P2. The molecular weight excluding hydrogens is 1010 g/mol. The maximum atomic E-state index is 12.9. The molecule has 0 bridgehead atoms. The van der Waals surface area contributed by atoms with E-state index in [1.54, 1.807) is 0 Å². The molecule has 75 heavy (non-hydrogen) atoms. The number of esters is 4. The van der Waals surface area contributed by atoms with Gasteiger partial charge in [-0.1, -0.05) is 215 Å². The van der Waals surface area contributed by atoms with Crippen LogP contribution >= 0.6 is 15.6 Å². The minimum Gasteiger partial charge on any atom is -0.462 e. The van der Waals surface area contributed by atoms with Crippen molar-refractivity contribution in [2.45, 2.75) is 285 Å². The fraction of sp³-hybridized carbons (Fsp3) is 0.929. The molecule has 3 N–H and O–H groups in total. The summed E-state index contributed by atoms with van der Waals surface area (Å²) in [6.07, 6.45) is 28.8. The van der Waals surface area contributed by atoms with Gasteiger partial charge in [0.1, 0.15) is 19.3 Å². The lowest BCUT2D eigenvalue weighted by Crippen LogP contribution is -2.30. The van der Waals surface area contributed by atoms with Crippen molar-refractivity contribution in [1.82, 2.24) is 0 Å². The number of phosphoric ester groups is 2. The van der Waals surface area contributed by atoms with Gasteiger partial charge in [-0.05, 0) is 37.5 Å². The Morgan fingerprint density at radius 3 is 0.907 bits per heavy atom. The Balaban J connectivity index is 5.13. The molecule has 0 saturated heterocycles. The Kier molecular flexibility index (Phi) is 47.9. The lowest BCUT2D eigenvalue weighted by molar-refractivity contribution is -0.161. The van der Waals surface area contributed by atoms with Gasteiger partial charge in [-0.3, -0.25) is 37.3 Å². The molecule has 0 fully saturated rings. The Morgan fingerprint density at radius 2 is 0.613 bits per heavy atom. The molecule has 0 radical (unpaired) electrons. The van der Waals surface area contributed by atoms with Gasteiger partial charge in [0.25, 0.3) is 0 Å². The highest BCUT2D eigenvalue weighted by Crippen LogP contribution is 2.45. The van der Waals surface area contributed by atoms with Gasteiger partial charge in [-0.15, -0.1) is 0 Å². The molecule has 19 heteroatoms. The van der Waals surface area contributed by atoms with Crippen LogP contribution in [0.1, 0.15) is 266 Å². The largest absolute Gasteiger partial charge is 0.472 e. The van der Waals surface area contributed by atoms with Crippen molar-refractivity contribution in [2.24, 2.45) is 11.8 Å². The van der Waals surface area contributed by atoms with E-state index in [0.29, 0.717) is 31.6 Å². The van der Waals surface area contributed by atoms with E-state index in [1.807, 2.05) is 0 Å². The van der Waals surface area contributed by atoms with Crippen molar-refractivity contribution in [3.8, 4) is 0 Å². The first-order chi connectivity index (χ1) is 35.9. The number of aliphatic hydroxyl groups is 1. The summed E-state index contributed by atoms with van der Waals surface area (Å²) in [5, 5.41) is 10.4. The molecule has 0 spiro atoms. The van der Waals surface area contributed by atoms with Gasteiger partial charge in [-0.2, -0.15) is 0 Å². The summed E-state index contributed by atoms with van der Waals surface area (Å²) in [6.45, 7) is 9.20. The van der Waals surface area contributed by atoms with Gasteiger partial charge >= 0.3 is 39.5 Å². The van der Waals surface area contributed by atoms with Gasteiger partial charge in [0.15, 0.2) is 12.2 Å². The molecule has 0 aromatic rings. The summed E-state index contributed by atoms with van der Waals surface area (Å²) in [6, 6.07) is 0. The van der Waals surface area contributed by atoms with Crippen LogP contribution in [0.25, 0.3) is 0 Å². The number of hydrogen-bond acceptors (Lipinski definition) is 15. The van der Waals surface area contributed by atoms with Crippen LogP contribution < -0.4 is 0 Å². The molecule has 0 aliphatic heterocycles. The zero-order chi connectivity index (χ0) is 55.8. The fourth-order valence-electron chi connectivity index (χ4n) is 8.12. The summed E-state index contributed by atoms with van der Waals surface area (Å²) in [5.41, 5.74) is 0. The van der Waals surface area contributed by atoms with Gasteiger partial charge in [0.2, 0.25) is 0 Å². The molecule has 0 aliphatic carbocycles. The molecule has 17 nitrogen and oxygen atoms in total. The van der Waals surface area contributed by atoms with Crippen molar-refractivity contribution >= 4 is 39.5 Å². The van der Waals surface area contributed by atoms with E-state index in [1.165, 1.54) is 70.6 Å². The fourth-order valence-corrected chi connectivity index (χ4v) is 9.70. The van der Waals surface area contributed by atoms with Crippen molar-refractivity contribution in [3.63, 3.8) is 0 Å². The SMILES string of the molecule is CCCCCCCC(=O)OC[C@H](COP(=O)(O)OC[C@H](O)COP(=O)(O)OC[C@@H](COC(=O)CCCCCCCCCC(C)C)OC(=O)CCCCCCCCCCCCCCC(C)C)OC(=O)CCCCCCC.